The summed E-state index contributed by atoms with van der Waals surface area (Å²) in [5.41, 5.74) is -3.67. The van der Waals surface area contributed by atoms with Crippen molar-refractivity contribution >= 4 is 17.5 Å². The molecule has 0 fully saturated rings. The van der Waals surface area contributed by atoms with Gasteiger partial charge >= 0.3 is 12.4 Å². The van der Waals surface area contributed by atoms with Crippen molar-refractivity contribution in [3.8, 4) is 11.1 Å². The summed E-state index contributed by atoms with van der Waals surface area (Å²) < 4.78 is 82.1. The van der Waals surface area contributed by atoms with E-state index in [0.717, 1.165) is 24.3 Å². The zero-order valence-electron chi connectivity index (χ0n) is 17.9. The van der Waals surface area contributed by atoms with Gasteiger partial charge in [-0.3, -0.25) is 9.59 Å². The molecule has 3 rings (SSSR count). The lowest BCUT2D eigenvalue weighted by atomic mass is 9.93. The smallest absolute Gasteiger partial charge is 0.355 e. The van der Waals surface area contributed by atoms with E-state index in [2.05, 4.69) is 10.6 Å². The number of halogens is 6. The molecule has 0 aliphatic carbocycles. The van der Waals surface area contributed by atoms with Gasteiger partial charge in [-0.15, -0.1) is 0 Å². The summed E-state index contributed by atoms with van der Waals surface area (Å²) in [5.74, 6) is -1.25. The van der Waals surface area contributed by atoms with Crippen LogP contribution in [0.4, 0.5) is 32.0 Å². The molecule has 3 aromatic rings. The molecule has 0 aliphatic heterocycles. The average molecular weight is 480 g/mol. The van der Waals surface area contributed by atoms with E-state index >= 15 is 0 Å². The van der Waals surface area contributed by atoms with E-state index < -0.39 is 46.4 Å². The van der Waals surface area contributed by atoms with Gasteiger partial charge in [0, 0.05) is 23.9 Å². The minimum Gasteiger partial charge on any atom is -0.355 e. The third kappa shape index (κ3) is 5.38. The van der Waals surface area contributed by atoms with Crippen molar-refractivity contribution in [3.63, 3.8) is 0 Å². The number of nitrogens with one attached hydrogen (secondary N) is 2. The monoisotopic (exact) mass is 480 g/mol. The van der Waals surface area contributed by atoms with Crippen molar-refractivity contribution in [2.75, 3.05) is 12.4 Å². The largest absolute Gasteiger partial charge is 0.417 e. The van der Waals surface area contributed by atoms with Crippen molar-refractivity contribution < 1.29 is 35.9 Å². The maximum absolute atomic E-state index is 13.8. The molecule has 4 nitrogen and oxygen atoms in total. The van der Waals surface area contributed by atoms with Crippen molar-refractivity contribution in [1.29, 1.82) is 0 Å². The normalized spacial score (nSPS) is 11.8. The van der Waals surface area contributed by atoms with Gasteiger partial charge in [0.05, 0.1) is 11.1 Å². The Balaban J connectivity index is 2.04. The Morgan fingerprint density at radius 1 is 0.706 bits per heavy atom. The molecule has 0 unspecified atom stereocenters. The Morgan fingerprint density at radius 3 is 1.79 bits per heavy atom. The fourth-order valence-electron chi connectivity index (χ4n) is 3.37. The van der Waals surface area contributed by atoms with Crippen LogP contribution in [0.1, 0.15) is 37.4 Å². The van der Waals surface area contributed by atoms with E-state index in [1.807, 2.05) is 0 Å². The van der Waals surface area contributed by atoms with Crippen LogP contribution in [-0.4, -0.2) is 18.9 Å². The summed E-state index contributed by atoms with van der Waals surface area (Å²) in [6.45, 7) is 1.40. The van der Waals surface area contributed by atoms with Crippen molar-refractivity contribution in [3.05, 3.63) is 88.5 Å². The molecule has 178 valence electrons. The zero-order valence-corrected chi connectivity index (χ0v) is 17.9. The van der Waals surface area contributed by atoms with Crippen LogP contribution in [0.15, 0.2) is 60.7 Å². The Bertz CT molecular complexity index is 1250. The molecular weight excluding hydrogens is 462 g/mol. The number of amides is 2. The van der Waals surface area contributed by atoms with E-state index in [4.69, 9.17) is 0 Å². The molecule has 0 radical (unpaired) electrons. The minimum absolute atomic E-state index is 0.0108. The van der Waals surface area contributed by atoms with Gasteiger partial charge in [-0.05, 0) is 54.4 Å². The molecule has 0 atom stereocenters. The minimum atomic E-state index is -5.00. The quantitative estimate of drug-likeness (QED) is 0.430. The number of hydrogen-bond donors (Lipinski definition) is 2. The number of hydrogen-bond acceptors (Lipinski definition) is 2. The molecule has 3 aromatic carbocycles. The highest BCUT2D eigenvalue weighted by atomic mass is 19.4. The van der Waals surface area contributed by atoms with Crippen LogP contribution in [0.2, 0.25) is 0 Å². The molecule has 2 N–H and O–H groups in total. The zero-order chi connectivity index (χ0) is 25.3. The summed E-state index contributed by atoms with van der Waals surface area (Å²) in [6.07, 6.45) is -9.87. The van der Waals surface area contributed by atoms with Crippen LogP contribution in [-0.2, 0) is 12.4 Å². The lowest BCUT2D eigenvalue weighted by Gasteiger charge is -2.19. The van der Waals surface area contributed by atoms with Gasteiger partial charge in [0.2, 0.25) is 0 Å². The molecule has 0 spiro atoms. The number of aryl methyl sites for hydroxylation is 1. The van der Waals surface area contributed by atoms with E-state index in [-0.39, 0.29) is 22.4 Å². The van der Waals surface area contributed by atoms with E-state index in [9.17, 15) is 35.9 Å². The molecule has 0 saturated carbocycles. The van der Waals surface area contributed by atoms with Crippen molar-refractivity contribution in [2.45, 2.75) is 19.3 Å². The Kier molecular flexibility index (Phi) is 6.72. The Labute approximate surface area is 190 Å². The molecule has 10 heteroatoms. The van der Waals surface area contributed by atoms with Gasteiger partial charge in [0.15, 0.2) is 0 Å². The van der Waals surface area contributed by atoms with E-state index in [0.29, 0.717) is 6.07 Å². The third-order valence-electron chi connectivity index (χ3n) is 4.97. The van der Waals surface area contributed by atoms with E-state index in [1.54, 1.807) is 0 Å². The molecule has 0 bridgehead atoms. The topological polar surface area (TPSA) is 58.2 Å². The van der Waals surface area contributed by atoms with Crippen LogP contribution in [0.25, 0.3) is 11.1 Å². The Hall–Kier alpha value is -3.82. The van der Waals surface area contributed by atoms with Crippen LogP contribution in [0.3, 0.4) is 0 Å². The van der Waals surface area contributed by atoms with Gasteiger partial charge in [-0.2, -0.15) is 26.3 Å². The average Bonchev–Trinajstić information content (AvgIpc) is 2.77. The predicted octanol–water partition coefficient (Wildman–Crippen LogP) is 6.31. The third-order valence-corrected chi connectivity index (χ3v) is 4.97. The number of anilines is 1. The number of rotatable bonds is 4. The molecule has 0 saturated heterocycles. The molecule has 0 heterocycles. The highest BCUT2D eigenvalue weighted by Crippen LogP contribution is 2.43. The van der Waals surface area contributed by atoms with Crippen LogP contribution < -0.4 is 10.6 Å². The summed E-state index contributed by atoms with van der Waals surface area (Å²) in [6, 6.07) is 11.1. The number of carbonyl (C=O) groups excluding carboxylic acids is 2. The number of carbonyl (C=O) groups is 2. The standard InChI is InChI=1S/C24H18F6N2O2/c1-13-6-8-17(19(10-13)23(25,26)27)18-9-7-16(12-20(18)24(28,29)30)32-22(34)15-5-3-4-14(11-15)21(33)31-2/h3-12H,1-2H3,(H,31,33)(H,32,34). The second-order valence-electron chi connectivity index (χ2n) is 7.42. The summed E-state index contributed by atoms with van der Waals surface area (Å²) in [4.78, 5) is 24.3. The lowest BCUT2D eigenvalue weighted by molar-refractivity contribution is -0.139. The van der Waals surface area contributed by atoms with Crippen LogP contribution in [0, 0.1) is 6.92 Å². The van der Waals surface area contributed by atoms with Gasteiger partial charge in [0.1, 0.15) is 0 Å². The maximum Gasteiger partial charge on any atom is 0.417 e. The molecule has 0 aliphatic rings. The van der Waals surface area contributed by atoms with Crippen molar-refractivity contribution in [2.24, 2.45) is 0 Å². The molecular formula is C24H18F6N2O2. The van der Waals surface area contributed by atoms with Gasteiger partial charge in [0.25, 0.3) is 11.8 Å². The first-order valence-electron chi connectivity index (χ1n) is 9.84. The first-order valence-corrected chi connectivity index (χ1v) is 9.84. The molecule has 34 heavy (non-hydrogen) atoms. The summed E-state index contributed by atoms with van der Waals surface area (Å²) >= 11 is 0. The first kappa shape index (κ1) is 24.8. The second-order valence-corrected chi connectivity index (χ2v) is 7.42. The number of alkyl halides is 6. The number of benzene rings is 3. The van der Waals surface area contributed by atoms with Crippen molar-refractivity contribution in [1.82, 2.24) is 5.32 Å². The van der Waals surface area contributed by atoms with E-state index in [1.165, 1.54) is 44.3 Å². The molecule has 2 amide bonds. The first-order chi connectivity index (χ1) is 15.8. The molecule has 0 aromatic heterocycles. The van der Waals surface area contributed by atoms with Gasteiger partial charge in [-0.1, -0.05) is 29.8 Å². The fraction of sp³-hybridized carbons (Fsp3) is 0.167. The fourth-order valence-corrected chi connectivity index (χ4v) is 3.37. The van der Waals surface area contributed by atoms with Crippen LogP contribution in [0.5, 0.6) is 0 Å². The maximum atomic E-state index is 13.8. The van der Waals surface area contributed by atoms with Gasteiger partial charge < -0.3 is 10.6 Å². The lowest BCUT2D eigenvalue weighted by Crippen LogP contribution is -2.19. The predicted molar refractivity (Wildman–Crippen MR) is 114 cm³/mol. The SMILES string of the molecule is CNC(=O)c1cccc(C(=O)Nc2ccc(-c3ccc(C)cc3C(F)(F)F)c(C(F)(F)F)c2)c1. The van der Waals surface area contributed by atoms with Crippen LogP contribution >= 0.6 is 0 Å². The Morgan fingerprint density at radius 2 is 1.24 bits per heavy atom. The summed E-state index contributed by atoms with van der Waals surface area (Å²) in [7, 11) is 1.40. The highest BCUT2D eigenvalue weighted by Gasteiger charge is 2.38. The van der Waals surface area contributed by atoms with Gasteiger partial charge in [-0.25, -0.2) is 0 Å². The highest BCUT2D eigenvalue weighted by molar-refractivity contribution is 6.06. The second kappa shape index (κ2) is 9.20. The summed E-state index contributed by atoms with van der Waals surface area (Å²) in [5, 5.41) is 4.68.